The number of ether oxygens (including phenoxy) is 1. The molecule has 1 aliphatic carbocycles. The second-order valence-corrected chi connectivity index (χ2v) is 7.53. The van der Waals surface area contributed by atoms with Gasteiger partial charge < -0.3 is 15.4 Å². The monoisotopic (exact) mass is 400 g/mol. The first-order valence-corrected chi connectivity index (χ1v) is 10.0. The first kappa shape index (κ1) is 19.7. The van der Waals surface area contributed by atoms with Gasteiger partial charge in [0.1, 0.15) is 13.2 Å². The van der Waals surface area contributed by atoms with Crippen molar-refractivity contribution in [3.05, 3.63) is 107 Å². The Morgan fingerprint density at radius 1 is 0.800 bits per heavy atom. The number of carbonyl (C=O) groups excluding carboxylic acids is 2. The van der Waals surface area contributed by atoms with E-state index in [9.17, 15) is 9.59 Å². The topological polar surface area (TPSA) is 67.4 Å². The largest absolute Gasteiger partial charge is 0.445 e. The molecule has 5 heteroatoms. The van der Waals surface area contributed by atoms with Gasteiger partial charge in [0.2, 0.25) is 5.91 Å². The summed E-state index contributed by atoms with van der Waals surface area (Å²) in [6.45, 7) is 0.0239. The van der Waals surface area contributed by atoms with E-state index < -0.39 is 11.6 Å². The Morgan fingerprint density at radius 2 is 1.37 bits per heavy atom. The molecule has 152 valence electrons. The minimum Gasteiger partial charge on any atom is -0.445 e. The fraction of sp³-hybridized carbons (Fsp3) is 0.200. The number of rotatable bonds is 6. The third-order valence-electron chi connectivity index (χ3n) is 5.41. The van der Waals surface area contributed by atoms with Gasteiger partial charge in [-0.15, -0.1) is 0 Å². The minimum atomic E-state index is -0.613. The Labute approximate surface area is 176 Å². The molecule has 5 nitrogen and oxygen atoms in total. The Kier molecular flexibility index (Phi) is 5.80. The predicted molar refractivity (Wildman–Crippen MR) is 115 cm³/mol. The average Bonchev–Trinajstić information content (AvgIpc) is 3.17. The SMILES string of the molecule is O=C(CNC(=O)OCc1ccccc1)NC1(c2ccccc2)Cc2ccccc2C1. The lowest BCUT2D eigenvalue weighted by molar-refractivity contribution is -0.122. The number of benzene rings is 3. The summed E-state index contributed by atoms with van der Waals surface area (Å²) in [7, 11) is 0. The molecule has 0 aliphatic heterocycles. The number of hydrogen-bond acceptors (Lipinski definition) is 3. The minimum absolute atomic E-state index is 0.140. The van der Waals surface area contributed by atoms with E-state index in [0.717, 1.165) is 24.0 Å². The van der Waals surface area contributed by atoms with Gasteiger partial charge in [0.25, 0.3) is 0 Å². The summed E-state index contributed by atoms with van der Waals surface area (Å²) in [4.78, 5) is 24.7. The van der Waals surface area contributed by atoms with Crippen LogP contribution < -0.4 is 10.6 Å². The summed E-state index contributed by atoms with van der Waals surface area (Å²) in [6, 6.07) is 27.7. The van der Waals surface area contributed by atoms with Crippen LogP contribution in [0.1, 0.15) is 22.3 Å². The highest BCUT2D eigenvalue weighted by atomic mass is 16.5. The van der Waals surface area contributed by atoms with Gasteiger partial charge in [-0.05, 0) is 22.3 Å². The maximum Gasteiger partial charge on any atom is 0.407 e. The average molecular weight is 400 g/mol. The van der Waals surface area contributed by atoms with Crippen LogP contribution in [-0.4, -0.2) is 18.5 Å². The van der Waals surface area contributed by atoms with E-state index in [1.807, 2.05) is 72.8 Å². The molecule has 0 saturated carbocycles. The number of alkyl carbamates (subject to hydrolysis) is 1. The molecule has 0 spiro atoms. The van der Waals surface area contributed by atoms with Crippen LogP contribution in [0.2, 0.25) is 0 Å². The summed E-state index contributed by atoms with van der Waals surface area (Å²) < 4.78 is 5.18. The van der Waals surface area contributed by atoms with Crippen molar-refractivity contribution >= 4 is 12.0 Å². The maximum atomic E-state index is 12.7. The van der Waals surface area contributed by atoms with E-state index in [4.69, 9.17) is 4.74 Å². The van der Waals surface area contributed by atoms with Gasteiger partial charge in [0, 0.05) is 12.8 Å². The Bertz CT molecular complexity index is 994. The highest BCUT2D eigenvalue weighted by Gasteiger charge is 2.39. The number of nitrogens with one attached hydrogen (secondary N) is 2. The summed E-state index contributed by atoms with van der Waals surface area (Å²) in [5, 5.41) is 5.72. The molecule has 4 rings (SSSR count). The van der Waals surface area contributed by atoms with Crippen LogP contribution in [0.5, 0.6) is 0 Å². The molecule has 0 aromatic heterocycles. The van der Waals surface area contributed by atoms with Crippen molar-refractivity contribution in [3.8, 4) is 0 Å². The van der Waals surface area contributed by atoms with Crippen LogP contribution in [-0.2, 0) is 34.5 Å². The molecule has 2 amide bonds. The molecule has 0 radical (unpaired) electrons. The molecular formula is C25H24N2O3. The van der Waals surface area contributed by atoms with E-state index in [1.165, 1.54) is 11.1 Å². The molecule has 0 saturated heterocycles. The standard InChI is InChI=1S/C25H24N2O3/c28-23(17-26-24(29)30-18-19-9-3-1-4-10-19)27-25(22-13-5-2-6-14-22)15-20-11-7-8-12-21(20)16-25/h1-14H,15-18H2,(H,26,29)(H,27,28). The van der Waals surface area contributed by atoms with Gasteiger partial charge in [-0.25, -0.2) is 4.79 Å². The van der Waals surface area contributed by atoms with Gasteiger partial charge in [-0.2, -0.15) is 0 Å². The lowest BCUT2D eigenvalue weighted by atomic mass is 9.86. The van der Waals surface area contributed by atoms with Crippen molar-refractivity contribution < 1.29 is 14.3 Å². The first-order valence-electron chi connectivity index (χ1n) is 10.0. The summed E-state index contributed by atoms with van der Waals surface area (Å²) in [5.41, 5.74) is 3.90. The number of hydrogen-bond donors (Lipinski definition) is 2. The molecule has 0 heterocycles. The zero-order valence-electron chi connectivity index (χ0n) is 16.6. The van der Waals surface area contributed by atoms with Crippen molar-refractivity contribution in [3.63, 3.8) is 0 Å². The molecule has 30 heavy (non-hydrogen) atoms. The molecule has 0 atom stereocenters. The van der Waals surface area contributed by atoms with Gasteiger partial charge in [0.15, 0.2) is 0 Å². The number of amides is 2. The number of fused-ring (bicyclic) bond motifs is 1. The van der Waals surface area contributed by atoms with Crippen LogP contribution in [0.3, 0.4) is 0 Å². The predicted octanol–water partition coefficient (Wildman–Crippen LogP) is 3.72. The Balaban J connectivity index is 1.38. The Morgan fingerprint density at radius 3 is 2.00 bits per heavy atom. The highest BCUT2D eigenvalue weighted by Crippen LogP contribution is 2.37. The van der Waals surface area contributed by atoms with Crippen molar-refractivity contribution in [1.29, 1.82) is 0 Å². The van der Waals surface area contributed by atoms with E-state index >= 15 is 0 Å². The van der Waals surface area contributed by atoms with Crippen molar-refractivity contribution in [1.82, 2.24) is 10.6 Å². The molecule has 0 fully saturated rings. The smallest absolute Gasteiger partial charge is 0.407 e. The molecular weight excluding hydrogens is 376 g/mol. The van der Waals surface area contributed by atoms with E-state index in [2.05, 4.69) is 22.8 Å². The molecule has 1 aliphatic rings. The third kappa shape index (κ3) is 4.51. The van der Waals surface area contributed by atoms with E-state index in [0.29, 0.717) is 0 Å². The molecule has 3 aromatic carbocycles. The number of carbonyl (C=O) groups is 2. The molecule has 0 bridgehead atoms. The Hall–Kier alpha value is -3.60. The zero-order valence-corrected chi connectivity index (χ0v) is 16.6. The van der Waals surface area contributed by atoms with Gasteiger partial charge in [-0.1, -0.05) is 84.9 Å². The van der Waals surface area contributed by atoms with Gasteiger partial charge >= 0.3 is 6.09 Å². The van der Waals surface area contributed by atoms with Crippen LogP contribution >= 0.6 is 0 Å². The van der Waals surface area contributed by atoms with Crippen molar-refractivity contribution in [2.24, 2.45) is 0 Å². The summed E-state index contributed by atoms with van der Waals surface area (Å²) >= 11 is 0. The highest BCUT2D eigenvalue weighted by molar-refractivity contribution is 5.83. The molecule has 2 N–H and O–H groups in total. The normalized spacial score (nSPS) is 13.9. The quantitative estimate of drug-likeness (QED) is 0.663. The first-order chi connectivity index (χ1) is 14.6. The van der Waals surface area contributed by atoms with Crippen LogP contribution in [0.25, 0.3) is 0 Å². The summed E-state index contributed by atoms with van der Waals surface area (Å²) in [6.07, 6.45) is 0.826. The van der Waals surface area contributed by atoms with E-state index in [-0.39, 0.29) is 19.1 Å². The zero-order chi connectivity index (χ0) is 20.8. The van der Waals surface area contributed by atoms with Crippen LogP contribution in [0.15, 0.2) is 84.9 Å². The molecule has 0 unspecified atom stereocenters. The lowest BCUT2D eigenvalue weighted by Gasteiger charge is -2.31. The fourth-order valence-electron chi connectivity index (χ4n) is 3.97. The summed E-state index contributed by atoms with van der Waals surface area (Å²) in [5.74, 6) is -0.247. The second kappa shape index (κ2) is 8.82. The van der Waals surface area contributed by atoms with Crippen LogP contribution in [0.4, 0.5) is 4.79 Å². The molecule has 3 aromatic rings. The lowest BCUT2D eigenvalue weighted by Crippen LogP contribution is -2.50. The van der Waals surface area contributed by atoms with Crippen molar-refractivity contribution in [2.75, 3.05) is 6.54 Å². The van der Waals surface area contributed by atoms with Crippen LogP contribution in [0, 0.1) is 0 Å². The van der Waals surface area contributed by atoms with Crippen molar-refractivity contribution in [2.45, 2.75) is 25.0 Å². The van der Waals surface area contributed by atoms with Gasteiger partial charge in [0.05, 0.1) is 5.54 Å². The second-order valence-electron chi connectivity index (χ2n) is 7.53. The maximum absolute atomic E-state index is 12.7. The van der Waals surface area contributed by atoms with E-state index in [1.54, 1.807) is 0 Å². The third-order valence-corrected chi connectivity index (χ3v) is 5.41. The fourth-order valence-corrected chi connectivity index (χ4v) is 3.97. The van der Waals surface area contributed by atoms with Gasteiger partial charge in [-0.3, -0.25) is 4.79 Å².